The lowest BCUT2D eigenvalue weighted by molar-refractivity contribution is -0.137. The Morgan fingerprint density at radius 3 is 3.00 bits per heavy atom. The highest BCUT2D eigenvalue weighted by molar-refractivity contribution is 6.30. The van der Waals surface area contributed by atoms with Crippen LogP contribution in [-0.2, 0) is 4.79 Å². The van der Waals surface area contributed by atoms with E-state index < -0.39 is 0 Å². The fourth-order valence-corrected chi connectivity index (χ4v) is 2.97. The number of rotatable bonds is 5. The van der Waals surface area contributed by atoms with E-state index in [4.69, 9.17) is 27.9 Å². The topological polar surface area (TPSA) is 29.5 Å². The van der Waals surface area contributed by atoms with Gasteiger partial charge in [0.25, 0.3) is 5.91 Å². The summed E-state index contributed by atoms with van der Waals surface area (Å²) in [7, 11) is 0. The second-order valence-electron chi connectivity index (χ2n) is 4.96. The molecule has 0 N–H and O–H groups in total. The number of carbonyl (C=O) groups is 1. The summed E-state index contributed by atoms with van der Waals surface area (Å²) in [4.78, 5) is 14.2. The quantitative estimate of drug-likeness (QED) is 0.775. The molecule has 1 aromatic carbocycles. The summed E-state index contributed by atoms with van der Waals surface area (Å²) >= 11 is 11.7. The molecule has 1 heterocycles. The van der Waals surface area contributed by atoms with Crippen molar-refractivity contribution in [3.63, 3.8) is 0 Å². The van der Waals surface area contributed by atoms with Gasteiger partial charge in [-0.05, 0) is 43.9 Å². The summed E-state index contributed by atoms with van der Waals surface area (Å²) in [6.45, 7) is 0.860. The first kappa shape index (κ1) is 15.5. The van der Waals surface area contributed by atoms with Crippen LogP contribution in [0, 0.1) is 0 Å². The highest BCUT2D eigenvalue weighted by Gasteiger charge is 2.26. The smallest absolute Gasteiger partial charge is 0.260 e. The van der Waals surface area contributed by atoms with Crippen LogP contribution in [0.25, 0.3) is 0 Å². The van der Waals surface area contributed by atoms with E-state index in [0.29, 0.717) is 16.7 Å². The molecule has 0 radical (unpaired) electrons. The fourth-order valence-electron chi connectivity index (χ4n) is 2.54. The zero-order valence-electron chi connectivity index (χ0n) is 11.4. The third kappa shape index (κ3) is 4.29. The SMILES string of the molecule is O=C(COc1cccc(Cl)c1)N1CCCCC1CCCl. The predicted molar refractivity (Wildman–Crippen MR) is 81.6 cm³/mol. The summed E-state index contributed by atoms with van der Waals surface area (Å²) < 4.78 is 5.52. The zero-order chi connectivity index (χ0) is 14.4. The lowest BCUT2D eigenvalue weighted by Gasteiger charge is -2.35. The van der Waals surface area contributed by atoms with Crippen LogP contribution in [0.3, 0.4) is 0 Å². The highest BCUT2D eigenvalue weighted by Crippen LogP contribution is 2.21. The number of amides is 1. The molecule has 3 nitrogen and oxygen atoms in total. The molecule has 1 amide bonds. The first-order valence-electron chi connectivity index (χ1n) is 6.94. The number of carbonyl (C=O) groups excluding carboxylic acids is 1. The molecule has 1 saturated heterocycles. The molecular formula is C15H19Cl2NO2. The number of alkyl halides is 1. The van der Waals surface area contributed by atoms with Crippen molar-refractivity contribution in [1.82, 2.24) is 4.90 Å². The first-order chi connectivity index (χ1) is 9.70. The second-order valence-corrected chi connectivity index (χ2v) is 5.77. The van der Waals surface area contributed by atoms with Gasteiger partial charge in [0.05, 0.1) is 0 Å². The van der Waals surface area contributed by atoms with Gasteiger partial charge in [-0.25, -0.2) is 0 Å². The van der Waals surface area contributed by atoms with Gasteiger partial charge in [-0.15, -0.1) is 11.6 Å². The Labute approximate surface area is 129 Å². The average Bonchev–Trinajstić information content (AvgIpc) is 2.46. The second kappa shape index (κ2) is 7.75. The van der Waals surface area contributed by atoms with Crippen LogP contribution < -0.4 is 4.74 Å². The lowest BCUT2D eigenvalue weighted by Crippen LogP contribution is -2.46. The molecule has 1 unspecified atom stereocenters. The Morgan fingerprint density at radius 2 is 2.25 bits per heavy atom. The Kier molecular flexibility index (Phi) is 5.99. The minimum Gasteiger partial charge on any atom is -0.484 e. The van der Waals surface area contributed by atoms with Gasteiger partial charge < -0.3 is 9.64 Å². The van der Waals surface area contributed by atoms with E-state index in [9.17, 15) is 4.79 Å². The van der Waals surface area contributed by atoms with Gasteiger partial charge in [0.2, 0.25) is 0 Å². The molecule has 110 valence electrons. The number of benzene rings is 1. The van der Waals surface area contributed by atoms with Gasteiger partial charge in [-0.2, -0.15) is 0 Å². The molecule has 0 spiro atoms. The van der Waals surface area contributed by atoms with Crippen molar-refractivity contribution in [1.29, 1.82) is 0 Å². The van der Waals surface area contributed by atoms with Crippen LogP contribution in [0.2, 0.25) is 5.02 Å². The minimum absolute atomic E-state index is 0.0276. The van der Waals surface area contributed by atoms with Crippen molar-refractivity contribution in [2.45, 2.75) is 31.7 Å². The van der Waals surface area contributed by atoms with Gasteiger partial charge in [-0.3, -0.25) is 4.79 Å². The van der Waals surface area contributed by atoms with E-state index in [0.717, 1.165) is 25.8 Å². The summed E-state index contributed by atoms with van der Waals surface area (Å²) in [5, 5.41) is 0.605. The van der Waals surface area contributed by atoms with Crippen LogP contribution >= 0.6 is 23.2 Å². The van der Waals surface area contributed by atoms with Gasteiger partial charge in [-0.1, -0.05) is 17.7 Å². The number of nitrogens with zero attached hydrogens (tertiary/aromatic N) is 1. The molecule has 2 rings (SSSR count). The molecule has 1 fully saturated rings. The number of ether oxygens (including phenoxy) is 1. The molecule has 1 aromatic rings. The normalized spacial score (nSPS) is 18.9. The molecule has 5 heteroatoms. The van der Waals surface area contributed by atoms with Crippen LogP contribution in [0.15, 0.2) is 24.3 Å². The number of hydrogen-bond acceptors (Lipinski definition) is 2. The molecule has 20 heavy (non-hydrogen) atoms. The molecule has 1 atom stereocenters. The van der Waals surface area contributed by atoms with Gasteiger partial charge in [0.1, 0.15) is 5.75 Å². The highest BCUT2D eigenvalue weighted by atomic mass is 35.5. The van der Waals surface area contributed by atoms with E-state index in [-0.39, 0.29) is 18.6 Å². The van der Waals surface area contributed by atoms with Crippen molar-refractivity contribution in [2.24, 2.45) is 0 Å². The van der Waals surface area contributed by atoms with E-state index in [1.165, 1.54) is 6.42 Å². The van der Waals surface area contributed by atoms with Gasteiger partial charge in [0.15, 0.2) is 6.61 Å². The Bertz CT molecular complexity index is 451. The van der Waals surface area contributed by atoms with Crippen molar-refractivity contribution in [3.05, 3.63) is 29.3 Å². The van der Waals surface area contributed by atoms with Crippen molar-refractivity contribution in [3.8, 4) is 5.75 Å². The van der Waals surface area contributed by atoms with E-state index >= 15 is 0 Å². The molecule has 0 aliphatic carbocycles. The Morgan fingerprint density at radius 1 is 1.40 bits per heavy atom. The average molecular weight is 316 g/mol. The van der Waals surface area contributed by atoms with Gasteiger partial charge in [0, 0.05) is 23.5 Å². The van der Waals surface area contributed by atoms with Crippen molar-refractivity contribution >= 4 is 29.1 Å². The molecular weight excluding hydrogens is 297 g/mol. The number of halogens is 2. The molecule has 1 aliphatic rings. The zero-order valence-corrected chi connectivity index (χ0v) is 12.9. The Hall–Kier alpha value is -0.930. The van der Waals surface area contributed by atoms with Crippen LogP contribution in [0.1, 0.15) is 25.7 Å². The van der Waals surface area contributed by atoms with Crippen molar-refractivity contribution < 1.29 is 9.53 Å². The third-order valence-electron chi connectivity index (χ3n) is 3.55. The number of likely N-dealkylation sites (tertiary alicyclic amines) is 1. The standard InChI is InChI=1S/C15H19Cl2NO2/c16-8-7-13-5-1-2-9-18(13)15(19)11-20-14-6-3-4-12(17)10-14/h3-4,6,10,13H,1-2,5,7-9,11H2. The molecule has 0 bridgehead atoms. The largest absolute Gasteiger partial charge is 0.484 e. The van der Waals surface area contributed by atoms with Crippen molar-refractivity contribution in [2.75, 3.05) is 19.0 Å². The summed E-state index contributed by atoms with van der Waals surface area (Å²) in [5.41, 5.74) is 0. The fraction of sp³-hybridized carbons (Fsp3) is 0.533. The van der Waals surface area contributed by atoms with E-state index in [1.807, 2.05) is 4.90 Å². The summed E-state index contributed by atoms with van der Waals surface area (Å²) in [5.74, 6) is 1.24. The first-order valence-corrected chi connectivity index (χ1v) is 7.86. The number of piperidine rings is 1. The maximum Gasteiger partial charge on any atom is 0.260 e. The molecule has 0 saturated carbocycles. The van der Waals surface area contributed by atoms with Crippen LogP contribution in [0.5, 0.6) is 5.75 Å². The van der Waals surface area contributed by atoms with Crippen LogP contribution in [-0.4, -0.2) is 35.9 Å². The maximum absolute atomic E-state index is 12.3. The van der Waals surface area contributed by atoms with E-state index in [2.05, 4.69) is 0 Å². The third-order valence-corrected chi connectivity index (χ3v) is 4.00. The maximum atomic E-state index is 12.3. The van der Waals surface area contributed by atoms with Gasteiger partial charge >= 0.3 is 0 Å². The lowest BCUT2D eigenvalue weighted by atomic mass is 10.00. The Balaban J connectivity index is 1.89. The van der Waals surface area contributed by atoms with Crippen LogP contribution in [0.4, 0.5) is 0 Å². The minimum atomic E-state index is 0.0276. The monoisotopic (exact) mass is 315 g/mol. The summed E-state index contributed by atoms with van der Waals surface area (Å²) in [6.07, 6.45) is 4.11. The van der Waals surface area contributed by atoms with E-state index in [1.54, 1.807) is 24.3 Å². The number of hydrogen-bond donors (Lipinski definition) is 0. The molecule has 1 aliphatic heterocycles. The summed E-state index contributed by atoms with van der Waals surface area (Å²) in [6, 6.07) is 7.35. The predicted octanol–water partition coefficient (Wildman–Crippen LogP) is 3.73. The molecule has 0 aromatic heterocycles.